The summed E-state index contributed by atoms with van der Waals surface area (Å²) in [6.45, 7) is 1.92. The molecule has 0 saturated heterocycles. The summed E-state index contributed by atoms with van der Waals surface area (Å²) in [6, 6.07) is 7.20. The maximum absolute atomic E-state index is 12.1. The van der Waals surface area contributed by atoms with Gasteiger partial charge in [-0.05, 0) is 25.1 Å². The van der Waals surface area contributed by atoms with Crippen molar-refractivity contribution in [3.05, 3.63) is 29.8 Å². The Bertz CT molecular complexity index is 467. The fraction of sp³-hybridized carbons (Fsp3) is 0.455. The second-order valence-corrected chi connectivity index (χ2v) is 5.93. The number of hydrogen-bond acceptors (Lipinski definition) is 3. The van der Waals surface area contributed by atoms with E-state index in [1.54, 1.807) is 12.1 Å². The molecule has 0 aliphatic carbocycles. The molecular weight excluding hydrogens is 210 g/mol. The van der Waals surface area contributed by atoms with E-state index < -0.39 is 9.84 Å². The summed E-state index contributed by atoms with van der Waals surface area (Å²) in [5.74, 6) is 0. The molecule has 2 atom stereocenters. The van der Waals surface area contributed by atoms with Crippen LogP contribution in [0.25, 0.3) is 0 Å². The largest absolute Gasteiger partial charge is 0.312 e. The average Bonchev–Trinajstić information content (AvgIpc) is 2.46. The highest BCUT2D eigenvalue weighted by Crippen LogP contribution is 2.39. The molecule has 1 aromatic carbocycles. The van der Waals surface area contributed by atoms with E-state index in [0.717, 1.165) is 5.56 Å². The molecule has 2 unspecified atom stereocenters. The predicted molar refractivity (Wildman–Crippen MR) is 59.5 cm³/mol. The first kappa shape index (κ1) is 10.6. The van der Waals surface area contributed by atoms with Gasteiger partial charge in [0.15, 0.2) is 9.84 Å². The Morgan fingerprint density at radius 1 is 1.33 bits per heavy atom. The monoisotopic (exact) mass is 225 g/mol. The van der Waals surface area contributed by atoms with Crippen molar-refractivity contribution in [1.82, 2.24) is 5.32 Å². The molecule has 1 N–H and O–H groups in total. The Morgan fingerprint density at radius 3 is 2.60 bits per heavy atom. The average molecular weight is 225 g/mol. The fourth-order valence-electron chi connectivity index (χ4n) is 2.34. The third-order valence-electron chi connectivity index (χ3n) is 3.04. The van der Waals surface area contributed by atoms with Crippen LogP contribution in [0.5, 0.6) is 0 Å². The van der Waals surface area contributed by atoms with E-state index in [0.29, 0.717) is 11.3 Å². The van der Waals surface area contributed by atoms with E-state index in [-0.39, 0.29) is 11.3 Å². The van der Waals surface area contributed by atoms with Crippen LogP contribution < -0.4 is 5.32 Å². The Balaban J connectivity index is 2.65. The summed E-state index contributed by atoms with van der Waals surface area (Å²) in [7, 11) is -1.31. The van der Waals surface area contributed by atoms with Gasteiger partial charge in [-0.15, -0.1) is 0 Å². The Hall–Kier alpha value is -0.870. The molecule has 1 aliphatic rings. The number of hydrogen-bond donors (Lipinski definition) is 1. The van der Waals surface area contributed by atoms with Crippen molar-refractivity contribution in [2.45, 2.75) is 29.5 Å². The van der Waals surface area contributed by atoms with Crippen LogP contribution in [0.3, 0.4) is 0 Å². The van der Waals surface area contributed by atoms with Gasteiger partial charge in [-0.25, -0.2) is 8.42 Å². The minimum Gasteiger partial charge on any atom is -0.312 e. The van der Waals surface area contributed by atoms with E-state index in [2.05, 4.69) is 5.32 Å². The maximum atomic E-state index is 12.1. The summed E-state index contributed by atoms with van der Waals surface area (Å²) in [4.78, 5) is 0.496. The van der Waals surface area contributed by atoms with Gasteiger partial charge in [0.25, 0.3) is 0 Å². The number of rotatable bonds is 2. The molecule has 1 heterocycles. The van der Waals surface area contributed by atoms with Crippen molar-refractivity contribution in [2.24, 2.45) is 0 Å². The lowest BCUT2D eigenvalue weighted by atomic mass is 10.0. The zero-order valence-electron chi connectivity index (χ0n) is 8.90. The van der Waals surface area contributed by atoms with Gasteiger partial charge in [-0.3, -0.25) is 0 Å². The number of nitrogens with one attached hydrogen (secondary N) is 1. The van der Waals surface area contributed by atoms with Gasteiger partial charge in [-0.1, -0.05) is 25.1 Å². The molecule has 1 aliphatic heterocycles. The third kappa shape index (κ3) is 1.40. The molecule has 2 rings (SSSR count). The molecule has 0 fully saturated rings. The maximum Gasteiger partial charge on any atom is 0.183 e. The molecule has 3 nitrogen and oxygen atoms in total. The normalized spacial score (nSPS) is 27.6. The van der Waals surface area contributed by atoms with Crippen molar-refractivity contribution >= 4 is 9.84 Å². The Morgan fingerprint density at radius 2 is 2.00 bits per heavy atom. The molecular formula is C11H15NO2S. The molecule has 1 aromatic rings. The van der Waals surface area contributed by atoms with Crippen LogP contribution in [0, 0.1) is 0 Å². The minimum atomic E-state index is -3.12. The minimum absolute atomic E-state index is 0.0591. The summed E-state index contributed by atoms with van der Waals surface area (Å²) in [5.41, 5.74) is 0.909. The van der Waals surface area contributed by atoms with Crippen LogP contribution in [-0.2, 0) is 9.84 Å². The standard InChI is InChI=1S/C11H15NO2S/c1-3-9-11(12-2)8-6-4-5-7-10(8)15(9,13)14/h4-7,9,11-12H,3H2,1-2H3. The second-order valence-electron chi connectivity index (χ2n) is 3.80. The highest BCUT2D eigenvalue weighted by atomic mass is 32.2. The van der Waals surface area contributed by atoms with Gasteiger partial charge in [-0.2, -0.15) is 0 Å². The van der Waals surface area contributed by atoms with Crippen LogP contribution in [0.1, 0.15) is 24.9 Å². The van der Waals surface area contributed by atoms with Gasteiger partial charge >= 0.3 is 0 Å². The van der Waals surface area contributed by atoms with E-state index in [1.807, 2.05) is 26.1 Å². The van der Waals surface area contributed by atoms with Gasteiger partial charge in [0.05, 0.1) is 16.2 Å². The number of sulfone groups is 1. The van der Waals surface area contributed by atoms with Crippen LogP contribution in [0.2, 0.25) is 0 Å². The molecule has 0 aromatic heterocycles. The second kappa shape index (κ2) is 3.61. The van der Waals surface area contributed by atoms with Crippen LogP contribution in [0.4, 0.5) is 0 Å². The fourth-order valence-corrected chi connectivity index (χ4v) is 4.53. The molecule has 0 bridgehead atoms. The van der Waals surface area contributed by atoms with E-state index in [9.17, 15) is 8.42 Å². The van der Waals surface area contributed by atoms with Crippen molar-refractivity contribution in [1.29, 1.82) is 0 Å². The quantitative estimate of drug-likeness (QED) is 0.830. The summed E-state index contributed by atoms with van der Waals surface area (Å²) in [6.07, 6.45) is 0.641. The summed E-state index contributed by atoms with van der Waals surface area (Å²) < 4.78 is 24.3. The molecule has 82 valence electrons. The third-order valence-corrected chi connectivity index (χ3v) is 5.43. The van der Waals surface area contributed by atoms with Crippen LogP contribution >= 0.6 is 0 Å². The lowest BCUT2D eigenvalue weighted by Crippen LogP contribution is -2.28. The molecule has 0 saturated carbocycles. The van der Waals surface area contributed by atoms with E-state index in [4.69, 9.17) is 0 Å². The highest BCUT2D eigenvalue weighted by molar-refractivity contribution is 7.92. The lowest BCUT2D eigenvalue weighted by Gasteiger charge is -2.16. The topological polar surface area (TPSA) is 46.2 Å². The Labute approximate surface area is 90.4 Å². The number of benzene rings is 1. The number of fused-ring (bicyclic) bond motifs is 1. The SMILES string of the molecule is CCC1C(NC)c2ccccc2S1(=O)=O. The van der Waals surface area contributed by atoms with Crippen molar-refractivity contribution in [3.63, 3.8) is 0 Å². The lowest BCUT2D eigenvalue weighted by molar-refractivity contribution is 0.528. The van der Waals surface area contributed by atoms with Crippen LogP contribution in [-0.4, -0.2) is 20.7 Å². The van der Waals surface area contributed by atoms with Crippen molar-refractivity contribution in [2.75, 3.05) is 7.05 Å². The zero-order valence-corrected chi connectivity index (χ0v) is 9.71. The summed E-state index contributed by atoms with van der Waals surface area (Å²) in [5, 5.41) is 2.78. The summed E-state index contributed by atoms with van der Waals surface area (Å²) >= 11 is 0. The zero-order chi connectivity index (χ0) is 11.1. The van der Waals surface area contributed by atoms with Crippen LogP contribution in [0.15, 0.2) is 29.2 Å². The van der Waals surface area contributed by atoms with Gasteiger partial charge in [0.1, 0.15) is 0 Å². The van der Waals surface area contributed by atoms with Crippen molar-refractivity contribution < 1.29 is 8.42 Å². The molecule has 15 heavy (non-hydrogen) atoms. The molecule has 0 spiro atoms. The predicted octanol–water partition coefficient (Wildman–Crippen LogP) is 1.51. The molecule has 0 amide bonds. The van der Waals surface area contributed by atoms with Gasteiger partial charge in [0.2, 0.25) is 0 Å². The first-order valence-corrected chi connectivity index (χ1v) is 6.67. The van der Waals surface area contributed by atoms with E-state index in [1.165, 1.54) is 0 Å². The highest BCUT2D eigenvalue weighted by Gasteiger charge is 2.42. The Kier molecular flexibility index (Phi) is 2.56. The van der Waals surface area contributed by atoms with Gasteiger partial charge < -0.3 is 5.32 Å². The van der Waals surface area contributed by atoms with E-state index >= 15 is 0 Å². The molecule has 0 radical (unpaired) electrons. The first-order valence-electron chi connectivity index (χ1n) is 5.13. The molecule has 4 heteroatoms. The van der Waals surface area contributed by atoms with Crippen molar-refractivity contribution in [3.8, 4) is 0 Å². The first-order chi connectivity index (χ1) is 7.12. The smallest absolute Gasteiger partial charge is 0.183 e. The van der Waals surface area contributed by atoms with Gasteiger partial charge in [0, 0.05) is 0 Å².